The van der Waals surface area contributed by atoms with Crippen LogP contribution >= 0.6 is 34.9 Å². The molecule has 0 unspecified atom stereocenters. The molecule has 1 aromatic heterocycles. The predicted octanol–water partition coefficient (Wildman–Crippen LogP) is 3.73. The van der Waals surface area contributed by atoms with Crippen molar-refractivity contribution in [3.05, 3.63) is 26.1 Å². The van der Waals surface area contributed by atoms with Gasteiger partial charge >= 0.3 is 0 Å². The summed E-state index contributed by atoms with van der Waals surface area (Å²) < 4.78 is 1.20. The average Bonchev–Trinajstić information content (AvgIpc) is 2.79. The van der Waals surface area contributed by atoms with Gasteiger partial charge in [0.25, 0.3) is 0 Å². The second kappa shape index (κ2) is 4.43. The molecule has 72 valence electrons. The van der Waals surface area contributed by atoms with Crippen molar-refractivity contribution in [3.63, 3.8) is 0 Å². The van der Waals surface area contributed by atoms with Crippen LogP contribution in [-0.4, -0.2) is 11.5 Å². The lowest BCUT2D eigenvalue weighted by Crippen LogP contribution is -1.78. The van der Waals surface area contributed by atoms with Crippen molar-refractivity contribution < 1.29 is 0 Å². The number of allylic oxidation sites excluding steroid dienone is 1. The Bertz CT molecular complexity index is 403. The van der Waals surface area contributed by atoms with E-state index in [-0.39, 0.29) is 0 Å². The number of nitrogens with zero attached hydrogens (tertiary/aromatic N) is 1. The number of rotatable bonds is 1. The maximum absolute atomic E-state index is 9.12. The Labute approximate surface area is 96.2 Å². The molecule has 0 aromatic carbocycles. The van der Waals surface area contributed by atoms with E-state index in [9.17, 15) is 0 Å². The molecule has 0 amide bonds. The van der Waals surface area contributed by atoms with Crippen LogP contribution < -0.4 is 0 Å². The molecule has 2 heterocycles. The van der Waals surface area contributed by atoms with Crippen molar-refractivity contribution >= 4 is 40.4 Å². The monoisotopic (exact) mass is 239 g/mol. The molecule has 0 N–H and O–H groups in total. The normalized spacial score (nSPS) is 15.6. The van der Waals surface area contributed by atoms with E-state index in [0.29, 0.717) is 0 Å². The lowest BCUT2D eigenvalue weighted by Gasteiger charge is -1.98. The number of aryl methyl sites for hydroxylation is 1. The highest BCUT2D eigenvalue weighted by Crippen LogP contribution is 2.42. The third kappa shape index (κ3) is 2.00. The highest BCUT2D eigenvalue weighted by atomic mass is 32.2. The molecule has 1 aliphatic rings. The van der Waals surface area contributed by atoms with Gasteiger partial charge in [-0.05, 0) is 18.4 Å². The molecular weight excluding hydrogens is 230 g/mol. The zero-order valence-electron chi connectivity index (χ0n) is 7.74. The van der Waals surface area contributed by atoms with E-state index in [1.54, 1.807) is 34.9 Å². The van der Waals surface area contributed by atoms with Crippen molar-refractivity contribution in [1.29, 1.82) is 5.26 Å². The molecule has 4 heteroatoms. The van der Waals surface area contributed by atoms with Crippen LogP contribution in [0.4, 0.5) is 0 Å². The molecule has 0 bridgehead atoms. The van der Waals surface area contributed by atoms with E-state index < -0.39 is 0 Å². The summed E-state index contributed by atoms with van der Waals surface area (Å²) in [6.07, 6.45) is 0. The van der Waals surface area contributed by atoms with Crippen LogP contribution in [0.1, 0.15) is 10.4 Å². The Hall–Kier alpha value is -0.370. The number of hydrogen-bond acceptors (Lipinski definition) is 4. The first kappa shape index (κ1) is 10.2. The molecule has 1 nitrogen and oxygen atoms in total. The molecular formula is C10H9NS3. The Morgan fingerprint density at radius 2 is 2.14 bits per heavy atom. The van der Waals surface area contributed by atoms with Gasteiger partial charge in [-0.1, -0.05) is 0 Å². The Morgan fingerprint density at radius 3 is 2.64 bits per heavy atom. The average molecular weight is 239 g/mol. The topological polar surface area (TPSA) is 23.8 Å². The molecule has 0 saturated carbocycles. The minimum atomic E-state index is 0.863. The van der Waals surface area contributed by atoms with Gasteiger partial charge in [-0.25, -0.2) is 0 Å². The van der Waals surface area contributed by atoms with Gasteiger partial charge in [0.2, 0.25) is 0 Å². The standard InChI is InChI=1S/C10H9NS3/c1-7-4-8(6-14-7)9(5-11)10-12-2-3-13-10/h4,6H,2-3H2,1H3. The van der Waals surface area contributed by atoms with Gasteiger partial charge in [-0.15, -0.1) is 34.9 Å². The first-order chi connectivity index (χ1) is 6.81. The number of nitriles is 1. The first-order valence-electron chi connectivity index (χ1n) is 4.27. The maximum atomic E-state index is 9.12. The highest BCUT2D eigenvalue weighted by Gasteiger charge is 2.16. The molecule has 1 aliphatic heterocycles. The largest absolute Gasteiger partial charge is 0.192 e. The van der Waals surface area contributed by atoms with E-state index >= 15 is 0 Å². The van der Waals surface area contributed by atoms with E-state index in [0.717, 1.165) is 22.6 Å². The summed E-state index contributed by atoms with van der Waals surface area (Å²) >= 11 is 5.31. The summed E-state index contributed by atoms with van der Waals surface area (Å²) in [6, 6.07) is 4.41. The van der Waals surface area contributed by atoms with Gasteiger partial charge in [0.05, 0.1) is 9.81 Å². The molecule has 14 heavy (non-hydrogen) atoms. The molecule has 0 aliphatic carbocycles. The SMILES string of the molecule is Cc1cc(C(C#N)=C2SCCS2)cs1. The fourth-order valence-corrected chi connectivity index (χ4v) is 4.44. The number of hydrogen-bond donors (Lipinski definition) is 0. The van der Waals surface area contributed by atoms with Crippen molar-refractivity contribution in [2.45, 2.75) is 6.92 Å². The molecule has 2 rings (SSSR count). The third-order valence-corrected chi connectivity index (χ3v) is 5.46. The summed E-state index contributed by atoms with van der Waals surface area (Å²) in [6.45, 7) is 2.07. The van der Waals surface area contributed by atoms with Gasteiger partial charge in [-0.3, -0.25) is 0 Å². The van der Waals surface area contributed by atoms with Gasteiger partial charge in [-0.2, -0.15) is 5.26 Å². The van der Waals surface area contributed by atoms with E-state index in [2.05, 4.69) is 24.4 Å². The summed E-state index contributed by atoms with van der Waals surface area (Å²) in [7, 11) is 0. The van der Waals surface area contributed by atoms with Gasteiger partial charge in [0.15, 0.2) is 0 Å². The minimum absolute atomic E-state index is 0.863. The van der Waals surface area contributed by atoms with Crippen LogP contribution in [0.15, 0.2) is 15.7 Å². The van der Waals surface area contributed by atoms with Crippen molar-refractivity contribution in [3.8, 4) is 6.07 Å². The van der Waals surface area contributed by atoms with Crippen molar-refractivity contribution in [1.82, 2.24) is 0 Å². The Kier molecular flexibility index (Phi) is 3.22. The zero-order valence-corrected chi connectivity index (χ0v) is 10.2. The first-order valence-corrected chi connectivity index (χ1v) is 7.12. The smallest absolute Gasteiger partial charge is 0.102 e. The third-order valence-electron chi connectivity index (χ3n) is 1.88. The van der Waals surface area contributed by atoms with Crippen molar-refractivity contribution in [2.75, 3.05) is 11.5 Å². The predicted molar refractivity (Wildman–Crippen MR) is 66.5 cm³/mol. The number of thiophene rings is 1. The van der Waals surface area contributed by atoms with E-state index in [4.69, 9.17) is 5.26 Å². The molecule has 1 fully saturated rings. The maximum Gasteiger partial charge on any atom is 0.102 e. The second-order valence-corrected chi connectivity index (χ2v) is 6.50. The Balaban J connectivity index is 2.39. The van der Waals surface area contributed by atoms with Crippen LogP contribution in [0.2, 0.25) is 0 Å². The van der Waals surface area contributed by atoms with Crippen LogP contribution in [0.25, 0.3) is 5.57 Å². The minimum Gasteiger partial charge on any atom is -0.192 e. The molecule has 1 saturated heterocycles. The van der Waals surface area contributed by atoms with E-state index in [1.165, 1.54) is 9.11 Å². The summed E-state index contributed by atoms with van der Waals surface area (Å²) in [5.41, 5.74) is 1.95. The highest BCUT2D eigenvalue weighted by molar-refractivity contribution is 8.25. The molecule has 1 aromatic rings. The molecule has 0 radical (unpaired) electrons. The van der Waals surface area contributed by atoms with Gasteiger partial charge < -0.3 is 0 Å². The van der Waals surface area contributed by atoms with Crippen LogP contribution in [0, 0.1) is 18.3 Å². The van der Waals surface area contributed by atoms with Crippen LogP contribution in [0.5, 0.6) is 0 Å². The van der Waals surface area contributed by atoms with Crippen LogP contribution in [0.3, 0.4) is 0 Å². The molecule has 0 spiro atoms. The summed E-state index contributed by atoms with van der Waals surface area (Å²) in [5.74, 6) is 2.27. The quantitative estimate of drug-likeness (QED) is 0.698. The second-order valence-electron chi connectivity index (χ2n) is 2.92. The molecule has 0 atom stereocenters. The summed E-state index contributed by atoms with van der Waals surface area (Å²) in [4.78, 5) is 1.27. The van der Waals surface area contributed by atoms with Gasteiger partial charge in [0, 0.05) is 21.9 Å². The lowest BCUT2D eigenvalue weighted by molar-refractivity contribution is 1.53. The van der Waals surface area contributed by atoms with Gasteiger partial charge in [0.1, 0.15) is 6.07 Å². The Morgan fingerprint density at radius 1 is 1.43 bits per heavy atom. The summed E-state index contributed by atoms with van der Waals surface area (Å²) in [5, 5.41) is 11.2. The van der Waals surface area contributed by atoms with Crippen LogP contribution in [-0.2, 0) is 0 Å². The lowest BCUT2D eigenvalue weighted by atomic mass is 10.2. The zero-order chi connectivity index (χ0) is 9.97. The van der Waals surface area contributed by atoms with Crippen molar-refractivity contribution in [2.24, 2.45) is 0 Å². The fraction of sp³-hybridized carbons (Fsp3) is 0.300. The number of thioether (sulfide) groups is 2. The fourth-order valence-electron chi connectivity index (χ4n) is 1.26. The van der Waals surface area contributed by atoms with E-state index in [1.807, 2.05) is 0 Å².